The van der Waals surface area contributed by atoms with Gasteiger partial charge in [0.25, 0.3) is 11.8 Å². The predicted octanol–water partition coefficient (Wildman–Crippen LogP) is 3.81. The van der Waals surface area contributed by atoms with Crippen molar-refractivity contribution in [1.82, 2.24) is 15.0 Å². The largest absolute Gasteiger partial charge is 0.497 e. The molecule has 0 saturated heterocycles. The van der Waals surface area contributed by atoms with Crippen LogP contribution in [0.4, 0.5) is 0 Å². The van der Waals surface area contributed by atoms with Crippen molar-refractivity contribution in [2.24, 2.45) is 4.99 Å². The van der Waals surface area contributed by atoms with E-state index in [9.17, 15) is 4.79 Å². The smallest absolute Gasteiger partial charge is 0.257 e. The second-order valence-electron chi connectivity index (χ2n) is 10.0. The molecule has 4 aromatic rings. The van der Waals surface area contributed by atoms with Crippen molar-refractivity contribution in [3.63, 3.8) is 0 Å². The number of fused-ring (bicyclic) bond motifs is 1. The van der Waals surface area contributed by atoms with Crippen LogP contribution in [0.15, 0.2) is 82.3 Å². The van der Waals surface area contributed by atoms with Crippen molar-refractivity contribution in [3.05, 3.63) is 95.3 Å². The second-order valence-corrected chi connectivity index (χ2v) is 10.0. The number of aromatic nitrogens is 2. The maximum Gasteiger partial charge on any atom is 0.257 e. The number of carbonyl (C=O) groups is 1. The molecule has 0 unspecified atom stereocenters. The third-order valence-corrected chi connectivity index (χ3v) is 7.22. The number of amides is 1. The lowest BCUT2D eigenvalue weighted by molar-refractivity contribution is -0.138. The SMILES string of the molecule is COc1ccc(-c2nc(CN3Cc4ccccc4C[C@]4(COC(c5ccc(OCCCO)cc5)=N4)C3=O)no2)cc1. The standard InChI is InChI=1S/C31H30N4O6/c1-38-25-11-7-21(8-12-25)28-32-27(34-41-28)19-35-18-24-6-3-2-5-23(24)17-31(30(35)37)20-40-29(33-31)22-9-13-26(14-10-22)39-16-4-15-36/h2-3,5-14,36H,4,15-20H2,1H3/t31-/m0/s1. The molecule has 0 saturated carbocycles. The van der Waals surface area contributed by atoms with E-state index in [1.807, 2.05) is 72.8 Å². The summed E-state index contributed by atoms with van der Waals surface area (Å²) in [4.78, 5) is 25.4. The molecule has 0 fully saturated rings. The van der Waals surface area contributed by atoms with E-state index in [1.54, 1.807) is 12.0 Å². The van der Waals surface area contributed by atoms with Crippen LogP contribution in [-0.2, 0) is 29.0 Å². The number of nitrogens with zero attached hydrogens (tertiary/aromatic N) is 4. The highest BCUT2D eigenvalue weighted by Crippen LogP contribution is 2.34. The molecule has 1 atom stereocenters. The summed E-state index contributed by atoms with van der Waals surface area (Å²) in [5, 5.41) is 13.1. The van der Waals surface area contributed by atoms with Gasteiger partial charge in [0.15, 0.2) is 11.4 Å². The first-order valence-corrected chi connectivity index (χ1v) is 13.5. The van der Waals surface area contributed by atoms with Crippen molar-refractivity contribution < 1.29 is 28.6 Å². The van der Waals surface area contributed by atoms with Gasteiger partial charge in [-0.2, -0.15) is 4.98 Å². The number of hydrogen-bond acceptors (Lipinski definition) is 9. The molecule has 41 heavy (non-hydrogen) atoms. The third kappa shape index (κ3) is 5.51. The Kier molecular flexibility index (Phi) is 7.39. The Hall–Kier alpha value is -4.70. The minimum Gasteiger partial charge on any atom is -0.497 e. The van der Waals surface area contributed by atoms with E-state index in [4.69, 9.17) is 28.8 Å². The summed E-state index contributed by atoms with van der Waals surface area (Å²) >= 11 is 0. The van der Waals surface area contributed by atoms with Crippen molar-refractivity contribution in [3.8, 4) is 23.0 Å². The Labute approximate surface area is 237 Å². The molecule has 1 aromatic heterocycles. The summed E-state index contributed by atoms with van der Waals surface area (Å²) in [5.74, 6) is 2.46. The molecule has 3 aromatic carbocycles. The Bertz CT molecular complexity index is 1550. The number of ether oxygens (including phenoxy) is 3. The molecule has 10 heteroatoms. The van der Waals surface area contributed by atoms with E-state index in [1.165, 1.54) is 0 Å². The van der Waals surface area contributed by atoms with Gasteiger partial charge >= 0.3 is 0 Å². The number of rotatable bonds is 9. The highest BCUT2D eigenvalue weighted by Gasteiger charge is 2.48. The Morgan fingerprint density at radius 1 is 0.976 bits per heavy atom. The lowest BCUT2D eigenvalue weighted by atomic mass is 9.91. The van der Waals surface area contributed by atoms with Crippen LogP contribution in [0.25, 0.3) is 11.5 Å². The molecule has 0 bridgehead atoms. The van der Waals surface area contributed by atoms with Gasteiger partial charge in [-0.3, -0.25) is 4.79 Å². The summed E-state index contributed by atoms with van der Waals surface area (Å²) in [6, 6.07) is 22.7. The summed E-state index contributed by atoms with van der Waals surface area (Å²) in [5.41, 5.74) is 2.51. The zero-order valence-corrected chi connectivity index (χ0v) is 22.7. The molecular weight excluding hydrogens is 524 g/mol. The number of methoxy groups -OCH3 is 1. The normalized spacial score (nSPS) is 18.0. The lowest BCUT2D eigenvalue weighted by Gasteiger charge is -2.27. The van der Waals surface area contributed by atoms with Gasteiger partial charge in [0.1, 0.15) is 18.1 Å². The van der Waals surface area contributed by atoms with Crippen LogP contribution in [-0.4, -0.2) is 64.4 Å². The molecule has 0 radical (unpaired) electrons. The van der Waals surface area contributed by atoms with Crippen LogP contribution in [0.5, 0.6) is 11.5 Å². The van der Waals surface area contributed by atoms with Crippen molar-refractivity contribution >= 4 is 11.8 Å². The average Bonchev–Trinajstić information content (AvgIpc) is 3.64. The quantitative estimate of drug-likeness (QED) is 0.310. The number of hydrogen-bond donors (Lipinski definition) is 1. The number of aliphatic imine (C=N–C) groups is 1. The fraction of sp³-hybridized carbons (Fsp3) is 0.290. The molecule has 10 nitrogen and oxygen atoms in total. The number of carbonyl (C=O) groups excluding carboxylic acids is 1. The molecule has 3 heterocycles. The van der Waals surface area contributed by atoms with E-state index in [2.05, 4.69) is 10.1 Å². The average molecular weight is 555 g/mol. The molecule has 2 aliphatic heterocycles. The van der Waals surface area contributed by atoms with Gasteiger partial charge in [0.05, 0.1) is 20.3 Å². The van der Waals surface area contributed by atoms with Gasteiger partial charge in [-0.1, -0.05) is 29.4 Å². The second kappa shape index (κ2) is 11.4. The fourth-order valence-corrected chi connectivity index (χ4v) is 5.06. The topological polar surface area (TPSA) is 120 Å². The Morgan fingerprint density at radius 2 is 1.71 bits per heavy atom. The molecular formula is C31H30N4O6. The highest BCUT2D eigenvalue weighted by atomic mass is 16.5. The van der Waals surface area contributed by atoms with Gasteiger partial charge < -0.3 is 28.7 Å². The van der Waals surface area contributed by atoms with E-state index < -0.39 is 5.54 Å². The van der Waals surface area contributed by atoms with Gasteiger partial charge in [-0.15, -0.1) is 0 Å². The number of benzene rings is 3. The Balaban J connectivity index is 1.26. The van der Waals surface area contributed by atoms with E-state index in [0.717, 1.165) is 28.0 Å². The van der Waals surface area contributed by atoms with Crippen molar-refractivity contribution in [2.45, 2.75) is 31.5 Å². The van der Waals surface area contributed by atoms with Gasteiger partial charge in [-0.05, 0) is 59.7 Å². The minimum absolute atomic E-state index is 0.0789. The monoisotopic (exact) mass is 554 g/mol. The molecule has 1 N–H and O–H groups in total. The highest BCUT2D eigenvalue weighted by molar-refractivity contribution is 6.00. The zero-order chi connectivity index (χ0) is 28.2. The molecule has 6 rings (SSSR count). The van der Waals surface area contributed by atoms with Crippen LogP contribution in [0.1, 0.15) is 28.9 Å². The third-order valence-electron chi connectivity index (χ3n) is 7.22. The van der Waals surface area contributed by atoms with Crippen LogP contribution in [0.2, 0.25) is 0 Å². The number of aliphatic hydroxyl groups excluding tert-OH is 1. The van der Waals surface area contributed by atoms with Crippen LogP contribution >= 0.6 is 0 Å². The minimum atomic E-state index is -1.11. The first kappa shape index (κ1) is 26.5. The Morgan fingerprint density at radius 3 is 2.46 bits per heavy atom. The van der Waals surface area contributed by atoms with E-state index in [-0.39, 0.29) is 25.7 Å². The maximum absolute atomic E-state index is 14.2. The zero-order valence-electron chi connectivity index (χ0n) is 22.7. The molecule has 210 valence electrons. The van der Waals surface area contributed by atoms with Gasteiger partial charge in [0.2, 0.25) is 5.90 Å². The molecule has 2 aliphatic rings. The maximum atomic E-state index is 14.2. The van der Waals surface area contributed by atoms with Crippen LogP contribution in [0, 0.1) is 0 Å². The predicted molar refractivity (Wildman–Crippen MR) is 150 cm³/mol. The summed E-state index contributed by atoms with van der Waals surface area (Å²) in [6.07, 6.45) is 0.987. The number of aliphatic hydroxyl groups is 1. The van der Waals surface area contributed by atoms with E-state index >= 15 is 0 Å². The van der Waals surface area contributed by atoms with Crippen molar-refractivity contribution in [2.75, 3.05) is 26.9 Å². The first-order valence-electron chi connectivity index (χ1n) is 13.5. The first-order chi connectivity index (χ1) is 20.1. The molecule has 1 amide bonds. The molecule has 0 aliphatic carbocycles. The van der Waals surface area contributed by atoms with Gasteiger partial charge in [-0.25, -0.2) is 4.99 Å². The van der Waals surface area contributed by atoms with Crippen LogP contribution < -0.4 is 9.47 Å². The van der Waals surface area contributed by atoms with E-state index in [0.29, 0.717) is 49.4 Å². The summed E-state index contributed by atoms with van der Waals surface area (Å²) in [7, 11) is 1.61. The fourth-order valence-electron chi connectivity index (χ4n) is 5.06. The molecule has 1 spiro atoms. The lowest BCUT2D eigenvalue weighted by Crippen LogP contribution is -2.48. The summed E-state index contributed by atoms with van der Waals surface area (Å²) < 4.78 is 22.4. The van der Waals surface area contributed by atoms with Gasteiger partial charge in [0, 0.05) is 37.1 Å². The van der Waals surface area contributed by atoms with Crippen molar-refractivity contribution in [1.29, 1.82) is 0 Å². The van der Waals surface area contributed by atoms with Crippen LogP contribution in [0.3, 0.4) is 0 Å². The summed E-state index contributed by atoms with van der Waals surface area (Å²) in [6.45, 7) is 1.20.